The molecule has 0 aliphatic heterocycles. The molecule has 0 radical (unpaired) electrons. The van der Waals surface area contributed by atoms with Crippen LogP contribution in [0.3, 0.4) is 0 Å². The number of nitrogens with one attached hydrogen (secondary N) is 1. The zero-order valence-electron chi connectivity index (χ0n) is 16.2. The normalized spacial score (nSPS) is 12.0. The maximum Gasteiger partial charge on any atom is 0.262 e. The van der Waals surface area contributed by atoms with Gasteiger partial charge in [-0.1, -0.05) is 41.9 Å². The minimum atomic E-state index is -0.471. The summed E-state index contributed by atoms with van der Waals surface area (Å²) in [6.07, 6.45) is 1.45. The summed E-state index contributed by atoms with van der Waals surface area (Å²) in [7, 11) is 0. The van der Waals surface area contributed by atoms with Crippen LogP contribution < -0.4 is 14.8 Å². The molecule has 0 spiro atoms. The fourth-order valence-electron chi connectivity index (χ4n) is 2.60. The number of carbonyl (C=O) groups is 1. The molecule has 0 aliphatic rings. The lowest BCUT2D eigenvalue weighted by Gasteiger charge is -2.14. The van der Waals surface area contributed by atoms with Gasteiger partial charge in [-0.25, -0.2) is 0 Å². The number of halogens is 1. The molecule has 0 unspecified atom stereocenters. The van der Waals surface area contributed by atoms with Gasteiger partial charge >= 0.3 is 0 Å². The molecule has 0 bridgehead atoms. The lowest BCUT2D eigenvalue weighted by Crippen LogP contribution is -2.27. The summed E-state index contributed by atoms with van der Waals surface area (Å²) < 4.78 is 11.1. The number of nitrogens with zero attached hydrogens (tertiary/aromatic N) is 1. The Bertz CT molecular complexity index is 889. The third-order valence-corrected chi connectivity index (χ3v) is 4.30. The highest BCUT2D eigenvalue weighted by Crippen LogP contribution is 2.34. The van der Waals surface area contributed by atoms with Crippen LogP contribution in [-0.4, -0.2) is 19.1 Å². The molecule has 1 N–H and O–H groups in total. The van der Waals surface area contributed by atoms with Crippen molar-refractivity contribution in [3.05, 3.63) is 64.2 Å². The van der Waals surface area contributed by atoms with E-state index < -0.39 is 5.91 Å². The lowest BCUT2D eigenvalue weighted by molar-refractivity contribution is -0.117. The second-order valence-electron chi connectivity index (χ2n) is 5.96. The Morgan fingerprint density at radius 1 is 1.18 bits per heavy atom. The summed E-state index contributed by atoms with van der Waals surface area (Å²) in [5.74, 6) is 0.560. The number of ether oxygens (including phenoxy) is 2. The maximum atomic E-state index is 12.6. The van der Waals surface area contributed by atoms with E-state index in [4.69, 9.17) is 21.1 Å². The minimum Gasteiger partial charge on any atom is -0.490 e. The Labute approximate surface area is 170 Å². The van der Waals surface area contributed by atoms with Crippen molar-refractivity contribution in [2.75, 3.05) is 13.2 Å². The zero-order chi connectivity index (χ0) is 20.5. The van der Waals surface area contributed by atoms with Crippen LogP contribution in [0.2, 0.25) is 5.02 Å². The standard InChI is InChI=1S/C22H23ClN2O3/c1-4-27-20-12-17(19(23)13-21(20)28-5-2)11-18(14-24)22(26)25-15(3)16-9-7-6-8-10-16/h6-13,15H,4-5H2,1-3H3,(H,25,26)/b18-11-/t15-/m1/s1. The van der Waals surface area contributed by atoms with Crippen molar-refractivity contribution in [1.82, 2.24) is 5.32 Å². The van der Waals surface area contributed by atoms with E-state index in [1.54, 1.807) is 12.1 Å². The summed E-state index contributed by atoms with van der Waals surface area (Å²) in [6.45, 7) is 6.50. The number of rotatable bonds is 8. The van der Waals surface area contributed by atoms with Crippen molar-refractivity contribution >= 4 is 23.6 Å². The fourth-order valence-corrected chi connectivity index (χ4v) is 2.81. The van der Waals surface area contributed by atoms with Crippen molar-refractivity contribution in [2.24, 2.45) is 0 Å². The minimum absolute atomic E-state index is 0.0451. The average Bonchev–Trinajstić information content (AvgIpc) is 2.69. The van der Waals surface area contributed by atoms with Gasteiger partial charge in [-0.05, 0) is 44.0 Å². The van der Waals surface area contributed by atoms with Crippen LogP contribution >= 0.6 is 11.6 Å². The van der Waals surface area contributed by atoms with Gasteiger partial charge in [0.2, 0.25) is 0 Å². The van der Waals surface area contributed by atoms with E-state index >= 15 is 0 Å². The zero-order valence-corrected chi connectivity index (χ0v) is 16.9. The van der Waals surface area contributed by atoms with E-state index in [1.165, 1.54) is 6.08 Å². The Morgan fingerprint density at radius 2 is 1.79 bits per heavy atom. The summed E-state index contributed by atoms with van der Waals surface area (Å²) in [5.41, 5.74) is 1.41. The molecule has 0 aromatic heterocycles. The third kappa shape index (κ3) is 5.51. The van der Waals surface area contributed by atoms with Gasteiger partial charge in [-0.3, -0.25) is 4.79 Å². The summed E-state index contributed by atoms with van der Waals surface area (Å²) >= 11 is 6.32. The molecule has 0 saturated carbocycles. The first kappa shape index (κ1) is 21.3. The van der Waals surface area contributed by atoms with E-state index in [9.17, 15) is 10.1 Å². The van der Waals surface area contributed by atoms with Crippen molar-refractivity contribution in [3.63, 3.8) is 0 Å². The van der Waals surface area contributed by atoms with Crippen LogP contribution in [0.25, 0.3) is 6.08 Å². The molecule has 0 saturated heterocycles. The van der Waals surface area contributed by atoms with Crippen molar-refractivity contribution in [2.45, 2.75) is 26.8 Å². The van der Waals surface area contributed by atoms with Crippen molar-refractivity contribution in [1.29, 1.82) is 5.26 Å². The lowest BCUT2D eigenvalue weighted by atomic mass is 10.1. The molecule has 1 atom stereocenters. The highest BCUT2D eigenvalue weighted by atomic mass is 35.5. The Kier molecular flexibility index (Phi) is 7.91. The molecule has 28 heavy (non-hydrogen) atoms. The Balaban J connectivity index is 2.29. The molecule has 5 nitrogen and oxygen atoms in total. The summed E-state index contributed by atoms with van der Waals surface area (Å²) in [4.78, 5) is 12.6. The molecule has 6 heteroatoms. The Hall–Kier alpha value is -2.97. The fraction of sp³-hybridized carbons (Fsp3) is 0.273. The smallest absolute Gasteiger partial charge is 0.262 e. The first-order valence-corrected chi connectivity index (χ1v) is 9.44. The van der Waals surface area contributed by atoms with Crippen LogP contribution in [0.5, 0.6) is 11.5 Å². The molecule has 2 aromatic carbocycles. The van der Waals surface area contributed by atoms with Crippen LogP contribution in [0.4, 0.5) is 0 Å². The van der Waals surface area contributed by atoms with Crippen LogP contribution in [0, 0.1) is 11.3 Å². The molecule has 1 amide bonds. The maximum absolute atomic E-state index is 12.6. The van der Waals surface area contributed by atoms with Crippen LogP contribution in [-0.2, 0) is 4.79 Å². The molecule has 146 valence electrons. The van der Waals surface area contributed by atoms with E-state index in [0.29, 0.717) is 35.3 Å². The van der Waals surface area contributed by atoms with Gasteiger partial charge in [0.15, 0.2) is 11.5 Å². The van der Waals surface area contributed by atoms with Crippen molar-refractivity contribution < 1.29 is 14.3 Å². The SMILES string of the molecule is CCOc1cc(Cl)c(/C=C(/C#N)C(=O)N[C@H](C)c2ccccc2)cc1OCC. The molecular weight excluding hydrogens is 376 g/mol. The van der Waals surface area contributed by atoms with E-state index in [0.717, 1.165) is 5.56 Å². The highest BCUT2D eigenvalue weighted by Gasteiger charge is 2.16. The molecular formula is C22H23ClN2O3. The van der Waals surface area contributed by atoms with Crippen LogP contribution in [0.1, 0.15) is 37.9 Å². The van der Waals surface area contributed by atoms with E-state index in [1.807, 2.05) is 57.2 Å². The third-order valence-electron chi connectivity index (χ3n) is 3.97. The topological polar surface area (TPSA) is 71.3 Å². The predicted octanol–water partition coefficient (Wildman–Crippen LogP) is 4.92. The molecule has 0 heterocycles. The number of hydrogen-bond donors (Lipinski definition) is 1. The number of nitriles is 1. The monoisotopic (exact) mass is 398 g/mol. The highest BCUT2D eigenvalue weighted by molar-refractivity contribution is 6.32. The average molecular weight is 399 g/mol. The van der Waals surface area contributed by atoms with Gasteiger partial charge in [-0.15, -0.1) is 0 Å². The van der Waals surface area contributed by atoms with Gasteiger partial charge in [0.1, 0.15) is 11.6 Å². The van der Waals surface area contributed by atoms with Gasteiger partial charge in [0.05, 0.1) is 24.3 Å². The first-order chi connectivity index (χ1) is 13.5. The van der Waals surface area contributed by atoms with Gasteiger partial charge in [0, 0.05) is 6.07 Å². The second-order valence-corrected chi connectivity index (χ2v) is 6.37. The number of carbonyl (C=O) groups excluding carboxylic acids is 1. The quantitative estimate of drug-likeness (QED) is 0.506. The van der Waals surface area contributed by atoms with E-state index in [2.05, 4.69) is 5.32 Å². The molecule has 2 rings (SSSR count). The van der Waals surface area contributed by atoms with Gasteiger partial charge < -0.3 is 14.8 Å². The van der Waals surface area contributed by atoms with Crippen LogP contribution in [0.15, 0.2) is 48.0 Å². The summed E-state index contributed by atoms with van der Waals surface area (Å²) in [6, 6.07) is 14.5. The summed E-state index contributed by atoms with van der Waals surface area (Å²) in [5, 5.41) is 12.7. The van der Waals surface area contributed by atoms with Crippen molar-refractivity contribution in [3.8, 4) is 17.6 Å². The molecule has 2 aromatic rings. The predicted molar refractivity (Wildman–Crippen MR) is 110 cm³/mol. The van der Waals surface area contributed by atoms with Gasteiger partial charge in [-0.2, -0.15) is 5.26 Å². The number of benzene rings is 2. The number of amides is 1. The first-order valence-electron chi connectivity index (χ1n) is 9.06. The largest absolute Gasteiger partial charge is 0.490 e. The van der Waals surface area contributed by atoms with E-state index in [-0.39, 0.29) is 11.6 Å². The molecule has 0 aliphatic carbocycles. The molecule has 0 fully saturated rings. The Morgan fingerprint density at radius 3 is 2.36 bits per heavy atom. The second kappa shape index (κ2) is 10.4. The number of hydrogen-bond acceptors (Lipinski definition) is 4. The van der Waals surface area contributed by atoms with Gasteiger partial charge in [0.25, 0.3) is 5.91 Å².